The molecule has 1 saturated heterocycles. The van der Waals surface area contributed by atoms with Crippen molar-refractivity contribution in [2.45, 2.75) is 104 Å². The highest BCUT2D eigenvalue weighted by Crippen LogP contribution is 2.30. The van der Waals surface area contributed by atoms with Gasteiger partial charge in [-0.05, 0) is 87.8 Å². The van der Waals surface area contributed by atoms with E-state index in [1.165, 1.54) is 12.0 Å². The fourth-order valence-electron chi connectivity index (χ4n) is 6.41. The second kappa shape index (κ2) is 20.0. The van der Waals surface area contributed by atoms with Crippen molar-refractivity contribution in [2.24, 2.45) is 5.41 Å². The Morgan fingerprint density at radius 1 is 1.02 bits per heavy atom. The SMILES string of the molecule is C=C(NCc1ccc(-c2scnc2C)cc1)[C@@H]1C[C@@H](O)CN1C(=O)[C@@H](NC(=O)CN(CCCCCOc1ccc(C(=O)OC)cc1)C(=O)OC(C)(C)C)C(C)(C)C. The molecule has 2 heterocycles. The molecule has 0 radical (unpaired) electrons. The van der Waals surface area contributed by atoms with Crippen LogP contribution in [0.25, 0.3) is 10.4 Å². The highest BCUT2D eigenvalue weighted by Gasteiger charge is 2.43. The summed E-state index contributed by atoms with van der Waals surface area (Å²) >= 11 is 1.60. The number of carbonyl (C=O) groups excluding carboxylic acids is 4. The molecule has 0 saturated carbocycles. The van der Waals surface area contributed by atoms with Gasteiger partial charge in [0.15, 0.2) is 0 Å². The maximum Gasteiger partial charge on any atom is 0.410 e. The number of likely N-dealkylation sites (tertiary alicyclic amines) is 1. The van der Waals surface area contributed by atoms with Crippen molar-refractivity contribution in [3.8, 4) is 16.2 Å². The number of methoxy groups -OCH3 is 1. The third-order valence-corrected chi connectivity index (χ3v) is 10.4. The van der Waals surface area contributed by atoms with E-state index in [4.69, 9.17) is 14.2 Å². The van der Waals surface area contributed by atoms with Crippen LogP contribution in [0.3, 0.4) is 0 Å². The van der Waals surface area contributed by atoms with Crippen LogP contribution in [-0.4, -0.2) is 101 Å². The van der Waals surface area contributed by atoms with Gasteiger partial charge in [-0.25, -0.2) is 14.6 Å². The van der Waals surface area contributed by atoms with Crippen molar-refractivity contribution in [2.75, 3.05) is 33.4 Å². The molecule has 3 aromatic rings. The van der Waals surface area contributed by atoms with Crippen molar-refractivity contribution >= 4 is 35.2 Å². The summed E-state index contributed by atoms with van der Waals surface area (Å²) in [6.45, 7) is 18.1. The number of aromatic nitrogens is 1. The molecule has 1 aromatic heterocycles. The summed E-state index contributed by atoms with van der Waals surface area (Å²) in [7, 11) is 1.33. The lowest BCUT2D eigenvalue weighted by atomic mass is 9.85. The lowest BCUT2D eigenvalue weighted by molar-refractivity contribution is -0.140. The predicted octanol–water partition coefficient (Wildman–Crippen LogP) is 6.49. The van der Waals surface area contributed by atoms with Gasteiger partial charge >= 0.3 is 12.1 Å². The first-order valence-electron chi connectivity index (χ1n) is 19.4. The van der Waals surface area contributed by atoms with E-state index in [-0.39, 0.29) is 25.5 Å². The molecule has 3 N–H and O–H groups in total. The molecule has 0 unspecified atom stereocenters. The highest BCUT2D eigenvalue weighted by molar-refractivity contribution is 7.13. The van der Waals surface area contributed by atoms with Crippen LogP contribution < -0.4 is 15.4 Å². The van der Waals surface area contributed by atoms with Gasteiger partial charge in [0.05, 0.1) is 47.5 Å². The molecular formula is C43H59N5O8S. The summed E-state index contributed by atoms with van der Waals surface area (Å²) in [4.78, 5) is 61.3. The van der Waals surface area contributed by atoms with Gasteiger partial charge in [-0.1, -0.05) is 51.6 Å². The van der Waals surface area contributed by atoms with E-state index in [1.54, 1.807) is 61.3 Å². The van der Waals surface area contributed by atoms with E-state index in [2.05, 4.69) is 34.3 Å². The van der Waals surface area contributed by atoms with Crippen LogP contribution in [0.5, 0.6) is 5.75 Å². The largest absolute Gasteiger partial charge is 0.494 e. The van der Waals surface area contributed by atoms with Crippen molar-refractivity contribution in [3.63, 3.8) is 0 Å². The second-order valence-electron chi connectivity index (χ2n) is 16.4. The summed E-state index contributed by atoms with van der Waals surface area (Å²) in [6, 6.07) is 13.4. The van der Waals surface area contributed by atoms with E-state index >= 15 is 0 Å². The molecule has 1 aliphatic heterocycles. The topological polar surface area (TPSA) is 160 Å². The van der Waals surface area contributed by atoms with Crippen molar-refractivity contribution < 1.29 is 38.5 Å². The van der Waals surface area contributed by atoms with Gasteiger partial charge < -0.3 is 34.9 Å². The first-order valence-corrected chi connectivity index (χ1v) is 20.2. The van der Waals surface area contributed by atoms with Crippen LogP contribution in [0.4, 0.5) is 4.79 Å². The molecule has 3 amide bonds. The Morgan fingerprint density at radius 3 is 2.30 bits per heavy atom. The number of β-amino-alcohol motifs (C(OH)–C–C–N with tert-alkyl or cyclic N) is 1. The van der Waals surface area contributed by atoms with Crippen LogP contribution in [0.2, 0.25) is 0 Å². The smallest absolute Gasteiger partial charge is 0.410 e. The van der Waals surface area contributed by atoms with Crippen LogP contribution in [-0.2, 0) is 25.6 Å². The number of ether oxygens (including phenoxy) is 3. The lowest BCUT2D eigenvalue weighted by Crippen LogP contribution is -2.58. The van der Waals surface area contributed by atoms with Crippen LogP contribution in [0.1, 0.15) is 88.8 Å². The maximum atomic E-state index is 14.3. The summed E-state index contributed by atoms with van der Waals surface area (Å²) < 4.78 is 16.2. The maximum absolute atomic E-state index is 14.3. The predicted molar refractivity (Wildman–Crippen MR) is 221 cm³/mol. The molecule has 1 fully saturated rings. The van der Waals surface area contributed by atoms with Gasteiger partial charge in [0, 0.05) is 31.8 Å². The Balaban J connectivity index is 1.34. The summed E-state index contributed by atoms with van der Waals surface area (Å²) in [5.74, 6) is -0.638. The number of hydrogen-bond acceptors (Lipinski definition) is 11. The zero-order valence-electron chi connectivity index (χ0n) is 34.6. The standard InChI is InChI=1S/C43H59N5O8S/c1-28(44-24-30-13-15-31(16-14-30)37-29(2)45-27-57-37)35-23-33(49)25-48(35)39(51)38(42(3,4)5)46-36(50)26-47(41(53)56-43(6,7)8)21-11-10-12-22-55-34-19-17-32(18-20-34)40(52)54-9/h13-20,27,33,35,38,44,49H,1,10-12,21-26H2,2-9H3,(H,46,50)/t33-,35+,38-/m1/s1. The number of rotatable bonds is 17. The lowest BCUT2D eigenvalue weighted by Gasteiger charge is -2.36. The van der Waals surface area contributed by atoms with E-state index in [9.17, 15) is 24.3 Å². The number of esters is 1. The molecule has 13 nitrogen and oxygen atoms in total. The van der Waals surface area contributed by atoms with Gasteiger partial charge in [-0.3, -0.25) is 14.5 Å². The Bertz CT molecular complexity index is 1830. The number of thiazole rings is 1. The number of hydrogen-bond donors (Lipinski definition) is 3. The normalized spacial score (nSPS) is 16.1. The molecule has 3 atom stereocenters. The van der Waals surface area contributed by atoms with Gasteiger partial charge in [0.2, 0.25) is 11.8 Å². The number of amides is 3. The number of aliphatic hydroxyl groups excluding tert-OH is 1. The van der Waals surface area contributed by atoms with Gasteiger partial charge in [-0.2, -0.15) is 0 Å². The van der Waals surface area contributed by atoms with Crippen LogP contribution in [0.15, 0.2) is 66.3 Å². The van der Waals surface area contributed by atoms with E-state index in [1.807, 2.05) is 45.3 Å². The van der Waals surface area contributed by atoms with E-state index in [0.29, 0.717) is 55.8 Å². The molecule has 0 aliphatic carbocycles. The fourth-order valence-corrected chi connectivity index (χ4v) is 7.22. The second-order valence-corrected chi connectivity index (χ2v) is 17.3. The van der Waals surface area contributed by atoms with Crippen molar-refractivity contribution in [1.82, 2.24) is 25.4 Å². The number of aryl methyl sites for hydroxylation is 1. The van der Waals surface area contributed by atoms with Gasteiger partial charge in [0.25, 0.3) is 0 Å². The number of unbranched alkanes of at least 4 members (excludes halogenated alkanes) is 2. The molecule has 14 heteroatoms. The average Bonchev–Trinajstić information content (AvgIpc) is 3.77. The monoisotopic (exact) mass is 805 g/mol. The summed E-state index contributed by atoms with van der Waals surface area (Å²) in [5, 5.41) is 17.0. The van der Waals surface area contributed by atoms with Crippen molar-refractivity contribution in [1.29, 1.82) is 0 Å². The molecule has 1 aliphatic rings. The number of nitrogens with zero attached hydrogens (tertiary/aromatic N) is 3. The zero-order valence-corrected chi connectivity index (χ0v) is 35.4. The Labute approximate surface area is 340 Å². The minimum absolute atomic E-state index is 0.0993. The van der Waals surface area contributed by atoms with E-state index < -0.39 is 47.2 Å². The quantitative estimate of drug-likeness (QED) is 0.102. The third kappa shape index (κ3) is 13.3. The Kier molecular flexibility index (Phi) is 15.7. The number of carbonyl (C=O) groups is 4. The van der Waals surface area contributed by atoms with E-state index in [0.717, 1.165) is 21.7 Å². The number of benzene rings is 2. The Morgan fingerprint density at radius 2 is 1.70 bits per heavy atom. The minimum atomic E-state index is -0.951. The zero-order chi connectivity index (χ0) is 41.9. The summed E-state index contributed by atoms with van der Waals surface area (Å²) in [6.07, 6.45) is 0.907. The highest BCUT2D eigenvalue weighted by atomic mass is 32.1. The van der Waals surface area contributed by atoms with Crippen molar-refractivity contribution in [3.05, 3.63) is 83.1 Å². The van der Waals surface area contributed by atoms with Gasteiger partial charge in [0.1, 0.15) is 23.9 Å². The first kappa shape index (κ1) is 44.8. The van der Waals surface area contributed by atoms with Crippen LogP contribution >= 0.6 is 11.3 Å². The molecule has 4 rings (SSSR count). The molecule has 0 bridgehead atoms. The Hall–Kier alpha value is -4.95. The summed E-state index contributed by atoms with van der Waals surface area (Å²) in [5.41, 5.74) is 4.51. The third-order valence-electron chi connectivity index (χ3n) is 9.47. The molecule has 0 spiro atoms. The van der Waals surface area contributed by atoms with Gasteiger partial charge in [-0.15, -0.1) is 11.3 Å². The molecule has 310 valence electrons. The number of aliphatic hydroxyl groups is 1. The molecule has 2 aromatic carbocycles. The minimum Gasteiger partial charge on any atom is -0.494 e. The first-order chi connectivity index (χ1) is 26.9. The average molecular weight is 806 g/mol. The molecular weight excluding hydrogens is 747 g/mol. The molecule has 57 heavy (non-hydrogen) atoms. The number of nitrogens with one attached hydrogen (secondary N) is 2. The fraction of sp³-hybridized carbons (Fsp3) is 0.512. The van der Waals surface area contributed by atoms with Crippen LogP contribution in [0, 0.1) is 12.3 Å².